The maximum Gasteiger partial charge on any atom is 0.337 e. The molecule has 0 radical (unpaired) electrons. The van der Waals surface area contributed by atoms with Crippen LogP contribution < -0.4 is 0 Å². The van der Waals surface area contributed by atoms with Gasteiger partial charge in [-0.25, -0.2) is 4.79 Å². The van der Waals surface area contributed by atoms with Crippen LogP contribution in [0, 0.1) is 0 Å². The highest BCUT2D eigenvalue weighted by Crippen LogP contribution is 2.07. The van der Waals surface area contributed by atoms with Crippen LogP contribution in [0.25, 0.3) is 0 Å². The van der Waals surface area contributed by atoms with Crippen LogP contribution in [0.15, 0.2) is 36.0 Å². The first kappa shape index (κ1) is 17.7. The monoisotopic (exact) mass is 264 g/mol. The van der Waals surface area contributed by atoms with E-state index < -0.39 is 0 Å². The summed E-state index contributed by atoms with van der Waals surface area (Å²) in [6.45, 7) is 4.12. The van der Waals surface area contributed by atoms with Crippen molar-refractivity contribution >= 4 is 5.97 Å². The van der Waals surface area contributed by atoms with Crippen LogP contribution in [0.3, 0.4) is 0 Å². The Morgan fingerprint density at radius 2 is 1.79 bits per heavy atom. The molecule has 0 amide bonds. The van der Waals surface area contributed by atoms with Gasteiger partial charge in [0.2, 0.25) is 0 Å². The molecule has 0 N–H and O–H groups in total. The van der Waals surface area contributed by atoms with Crippen molar-refractivity contribution in [2.24, 2.45) is 0 Å². The van der Waals surface area contributed by atoms with Crippen molar-refractivity contribution in [1.29, 1.82) is 0 Å². The first-order valence-electron chi connectivity index (χ1n) is 7.34. The Morgan fingerprint density at radius 3 is 2.42 bits per heavy atom. The van der Waals surface area contributed by atoms with E-state index in [9.17, 15) is 4.79 Å². The maximum atomic E-state index is 11.4. The normalized spacial score (nSPS) is 12.5. The molecule has 0 saturated heterocycles. The molecule has 0 aromatic rings. The number of methoxy groups -OCH3 is 1. The molecular weight excluding hydrogens is 236 g/mol. The molecule has 19 heavy (non-hydrogen) atoms. The zero-order chi connectivity index (χ0) is 14.3. The Morgan fingerprint density at radius 1 is 1.11 bits per heavy atom. The van der Waals surface area contributed by atoms with Crippen molar-refractivity contribution < 1.29 is 9.53 Å². The van der Waals surface area contributed by atoms with Crippen molar-refractivity contribution in [1.82, 2.24) is 0 Å². The summed E-state index contributed by atoms with van der Waals surface area (Å²) >= 11 is 0. The first-order valence-corrected chi connectivity index (χ1v) is 7.34. The minimum absolute atomic E-state index is 0.290. The number of hydrogen-bond acceptors (Lipinski definition) is 2. The van der Waals surface area contributed by atoms with Gasteiger partial charge in [0.1, 0.15) is 0 Å². The van der Waals surface area contributed by atoms with E-state index in [1.54, 1.807) is 6.08 Å². The lowest BCUT2D eigenvalue weighted by atomic mass is 10.1. The van der Waals surface area contributed by atoms with Gasteiger partial charge in [-0.1, -0.05) is 63.3 Å². The number of rotatable bonds is 10. The van der Waals surface area contributed by atoms with Gasteiger partial charge in [-0.2, -0.15) is 0 Å². The number of unbranched alkanes of at least 4 members (excludes halogenated alkanes) is 6. The van der Waals surface area contributed by atoms with Crippen LogP contribution in [0.2, 0.25) is 0 Å². The molecule has 0 heterocycles. The summed E-state index contributed by atoms with van der Waals surface area (Å²) in [5, 5.41) is 0. The summed E-state index contributed by atoms with van der Waals surface area (Å²) < 4.78 is 4.71. The average molecular weight is 264 g/mol. The molecule has 0 aliphatic heterocycles. The zero-order valence-corrected chi connectivity index (χ0v) is 12.7. The molecule has 108 valence electrons. The van der Waals surface area contributed by atoms with Crippen molar-refractivity contribution in [2.45, 2.75) is 58.8 Å². The molecule has 2 nitrogen and oxygen atoms in total. The molecule has 0 aromatic carbocycles. The van der Waals surface area contributed by atoms with E-state index in [1.807, 2.05) is 25.2 Å². The Bertz CT molecular complexity index is 311. The van der Waals surface area contributed by atoms with Crippen LogP contribution in [-0.4, -0.2) is 13.1 Å². The highest BCUT2D eigenvalue weighted by Gasteiger charge is 2.02. The molecule has 0 unspecified atom stereocenters. The van der Waals surface area contributed by atoms with Gasteiger partial charge < -0.3 is 4.74 Å². The molecular formula is C17H28O2. The maximum absolute atomic E-state index is 11.4. The van der Waals surface area contributed by atoms with E-state index >= 15 is 0 Å². The topological polar surface area (TPSA) is 26.3 Å². The molecule has 0 bridgehead atoms. The summed E-state index contributed by atoms with van der Waals surface area (Å²) in [6.07, 6.45) is 18.4. The van der Waals surface area contributed by atoms with Crippen LogP contribution in [0.5, 0.6) is 0 Å². The van der Waals surface area contributed by atoms with Gasteiger partial charge in [0.15, 0.2) is 0 Å². The zero-order valence-electron chi connectivity index (χ0n) is 12.7. The van der Waals surface area contributed by atoms with E-state index in [-0.39, 0.29) is 5.97 Å². The second kappa shape index (κ2) is 13.1. The smallest absolute Gasteiger partial charge is 0.337 e. The van der Waals surface area contributed by atoms with Gasteiger partial charge in [-0.15, -0.1) is 0 Å². The van der Waals surface area contributed by atoms with Gasteiger partial charge in [-0.05, 0) is 25.8 Å². The minimum Gasteiger partial charge on any atom is -0.465 e. The molecule has 0 aromatic heterocycles. The quantitative estimate of drug-likeness (QED) is 0.241. The van der Waals surface area contributed by atoms with Crippen LogP contribution >= 0.6 is 0 Å². The highest BCUT2D eigenvalue weighted by atomic mass is 16.5. The second-order valence-corrected chi connectivity index (χ2v) is 4.60. The van der Waals surface area contributed by atoms with Crippen molar-refractivity contribution in [3.05, 3.63) is 36.0 Å². The Kier molecular flexibility index (Phi) is 12.2. The highest BCUT2D eigenvalue weighted by molar-refractivity contribution is 5.91. The third-order valence-electron chi connectivity index (χ3n) is 2.90. The van der Waals surface area contributed by atoms with Crippen LogP contribution in [0.4, 0.5) is 0 Å². The molecule has 0 atom stereocenters. The molecule has 0 rings (SSSR count). The molecule has 2 heteroatoms. The lowest BCUT2D eigenvalue weighted by molar-refractivity contribution is -0.135. The third-order valence-corrected chi connectivity index (χ3v) is 2.90. The number of carbonyl (C=O) groups excluding carboxylic acids is 1. The molecule has 0 aliphatic rings. The van der Waals surface area contributed by atoms with E-state index in [0.29, 0.717) is 5.57 Å². The number of hydrogen-bond donors (Lipinski definition) is 0. The summed E-state index contributed by atoms with van der Waals surface area (Å²) in [5.41, 5.74) is 0.587. The predicted molar refractivity (Wildman–Crippen MR) is 82.0 cm³/mol. The van der Waals surface area contributed by atoms with Crippen LogP contribution in [0.1, 0.15) is 58.8 Å². The Balaban J connectivity index is 3.88. The largest absolute Gasteiger partial charge is 0.465 e. The van der Waals surface area contributed by atoms with Gasteiger partial charge in [0, 0.05) is 0 Å². The minimum atomic E-state index is -0.290. The fraction of sp³-hybridized carbons (Fsp3) is 0.588. The summed E-state index contributed by atoms with van der Waals surface area (Å²) in [7, 11) is 1.40. The summed E-state index contributed by atoms with van der Waals surface area (Å²) in [4.78, 5) is 11.4. The summed E-state index contributed by atoms with van der Waals surface area (Å²) in [6, 6.07) is 0. The average Bonchev–Trinajstić information content (AvgIpc) is 2.43. The van der Waals surface area contributed by atoms with Gasteiger partial charge in [0.25, 0.3) is 0 Å². The lowest BCUT2D eigenvalue weighted by Gasteiger charge is -1.98. The van der Waals surface area contributed by atoms with E-state index in [0.717, 1.165) is 6.42 Å². The fourth-order valence-corrected chi connectivity index (χ4v) is 1.80. The molecule has 0 aliphatic carbocycles. The van der Waals surface area contributed by atoms with E-state index in [4.69, 9.17) is 4.74 Å². The number of carbonyl (C=O) groups is 1. The van der Waals surface area contributed by atoms with Crippen molar-refractivity contribution in [3.63, 3.8) is 0 Å². The number of allylic oxidation sites excluding steroid dienone is 4. The first-order chi connectivity index (χ1) is 9.26. The van der Waals surface area contributed by atoms with Crippen LogP contribution in [-0.2, 0) is 9.53 Å². The Labute approximate surface area is 118 Å². The predicted octanol–water partition coefficient (Wildman–Crippen LogP) is 4.97. The molecule has 0 saturated carbocycles. The van der Waals surface area contributed by atoms with E-state index in [2.05, 4.69) is 13.0 Å². The lowest BCUT2D eigenvalue weighted by Crippen LogP contribution is -2.01. The number of ether oxygens (including phenoxy) is 1. The van der Waals surface area contributed by atoms with Gasteiger partial charge in [0.05, 0.1) is 12.7 Å². The molecule has 0 spiro atoms. The summed E-state index contributed by atoms with van der Waals surface area (Å²) in [5.74, 6) is -0.290. The standard InChI is InChI=1S/C17H28O2/c1-4-6-7-8-9-10-11-12-13-15-16(14-5-2)17(18)19-3/h5,12-15H,4,6-11H2,1-3H3. The SMILES string of the molecule is CC=CC(=CC=CCCCCCCCC)C(=O)OC. The third kappa shape index (κ3) is 10.3. The molecule has 0 fully saturated rings. The second-order valence-electron chi connectivity index (χ2n) is 4.60. The fourth-order valence-electron chi connectivity index (χ4n) is 1.80. The van der Waals surface area contributed by atoms with Gasteiger partial charge >= 0.3 is 5.97 Å². The Hall–Kier alpha value is -1.31. The van der Waals surface area contributed by atoms with E-state index in [1.165, 1.54) is 45.6 Å². The van der Waals surface area contributed by atoms with Crippen molar-refractivity contribution in [2.75, 3.05) is 7.11 Å². The number of esters is 1. The van der Waals surface area contributed by atoms with Crippen molar-refractivity contribution in [3.8, 4) is 0 Å². The van der Waals surface area contributed by atoms with Gasteiger partial charge in [-0.3, -0.25) is 0 Å².